The number of nitrogens with one attached hydrogen (secondary N) is 1. The summed E-state index contributed by atoms with van der Waals surface area (Å²) in [6.45, 7) is 2.26. The molecule has 1 fully saturated rings. The van der Waals surface area contributed by atoms with E-state index in [1.54, 1.807) is 12.1 Å². The summed E-state index contributed by atoms with van der Waals surface area (Å²) in [5.74, 6) is -1.31. The second-order valence-corrected chi connectivity index (χ2v) is 8.43. The highest BCUT2D eigenvalue weighted by Gasteiger charge is 2.45. The van der Waals surface area contributed by atoms with Crippen LogP contribution in [0.5, 0.6) is 0 Å². The average Bonchev–Trinajstić information content (AvgIpc) is 2.70. The monoisotopic (exact) mass is 397 g/mol. The number of allylic oxidation sites excluding steroid dienone is 2. The quantitative estimate of drug-likeness (QED) is 0.768. The van der Waals surface area contributed by atoms with Gasteiger partial charge in [-0.25, -0.2) is 4.39 Å². The number of aliphatic hydroxyl groups excluding tert-OH is 1. The molecule has 1 amide bonds. The van der Waals surface area contributed by atoms with Gasteiger partial charge in [0.05, 0.1) is 5.57 Å². The maximum absolute atomic E-state index is 13.0. The summed E-state index contributed by atoms with van der Waals surface area (Å²) < 4.78 is 13.0. The predicted octanol–water partition coefficient (Wildman–Crippen LogP) is 2.63. The van der Waals surface area contributed by atoms with E-state index in [9.17, 15) is 23.9 Å². The summed E-state index contributed by atoms with van der Waals surface area (Å²) >= 11 is 0. The van der Waals surface area contributed by atoms with Crippen molar-refractivity contribution < 1.29 is 23.9 Å². The largest absolute Gasteiger partial charge is 0.380 e. The zero-order valence-electron chi connectivity index (χ0n) is 16.3. The Labute approximate surface area is 168 Å². The molecule has 0 aromatic heterocycles. The van der Waals surface area contributed by atoms with Gasteiger partial charge >= 0.3 is 0 Å². The van der Waals surface area contributed by atoms with Gasteiger partial charge in [0.2, 0.25) is 5.78 Å². The first kappa shape index (κ1) is 19.7. The van der Waals surface area contributed by atoms with E-state index in [-0.39, 0.29) is 41.1 Å². The number of fused-ring (bicyclic) bond motifs is 1. The highest BCUT2D eigenvalue weighted by molar-refractivity contribution is 6.25. The molecule has 0 heterocycles. The Morgan fingerprint density at radius 2 is 1.90 bits per heavy atom. The number of carbonyl (C=O) groups is 3. The molecule has 2 unspecified atom stereocenters. The molecule has 0 spiro atoms. The van der Waals surface area contributed by atoms with Crippen LogP contribution in [-0.4, -0.2) is 28.7 Å². The van der Waals surface area contributed by atoms with Crippen molar-refractivity contribution in [2.24, 2.45) is 17.8 Å². The third-order valence-electron chi connectivity index (χ3n) is 6.40. The fourth-order valence-corrected chi connectivity index (χ4v) is 4.79. The average molecular weight is 397 g/mol. The normalized spacial score (nSPS) is 29.1. The first-order valence-electron chi connectivity index (χ1n) is 10.1. The summed E-state index contributed by atoms with van der Waals surface area (Å²) in [5.41, 5.74) is 1.36. The topological polar surface area (TPSA) is 83.5 Å². The summed E-state index contributed by atoms with van der Waals surface area (Å²) in [6.07, 6.45) is 3.31. The SMILES string of the molecule is C[C@@H]1CC[C@@H]2CC3=C(C(=O)C2C1)C(O)C(=O)C(C(=O)NCc1ccc(F)cc1)=C3. The van der Waals surface area contributed by atoms with E-state index in [1.165, 1.54) is 18.2 Å². The lowest BCUT2D eigenvalue weighted by Gasteiger charge is -2.40. The van der Waals surface area contributed by atoms with Crippen molar-refractivity contribution in [2.75, 3.05) is 0 Å². The standard InChI is InChI=1S/C23H24FNO4/c1-12-2-5-14-9-15-10-18(21(27)22(28)19(15)20(26)17(14)8-12)23(29)25-11-13-3-6-16(24)7-4-13/h3-4,6-7,10,12,14,17,22,28H,2,5,8-9,11H2,1H3,(H,25,29)/t12-,14-,17?,22?/m1/s1. The second-order valence-electron chi connectivity index (χ2n) is 8.43. The summed E-state index contributed by atoms with van der Waals surface area (Å²) in [5, 5.41) is 13.2. The molecular weight excluding hydrogens is 373 g/mol. The number of carbonyl (C=O) groups excluding carboxylic acids is 3. The van der Waals surface area contributed by atoms with Gasteiger partial charge in [0.1, 0.15) is 11.9 Å². The first-order chi connectivity index (χ1) is 13.8. The molecule has 2 N–H and O–H groups in total. The number of hydrogen-bond acceptors (Lipinski definition) is 4. The summed E-state index contributed by atoms with van der Waals surface area (Å²) in [4.78, 5) is 38.2. The predicted molar refractivity (Wildman–Crippen MR) is 104 cm³/mol. The van der Waals surface area contributed by atoms with Crippen LogP contribution in [-0.2, 0) is 20.9 Å². The lowest BCUT2D eigenvalue weighted by atomic mass is 9.63. The zero-order chi connectivity index (χ0) is 20.7. The Hall–Kier alpha value is -2.60. The minimum Gasteiger partial charge on any atom is -0.380 e. The molecule has 5 nitrogen and oxygen atoms in total. The first-order valence-corrected chi connectivity index (χ1v) is 10.1. The van der Waals surface area contributed by atoms with Crippen LogP contribution in [0.4, 0.5) is 4.39 Å². The number of Topliss-reactive ketones (excluding diaryl/α,β-unsaturated/α-hetero) is 2. The van der Waals surface area contributed by atoms with Gasteiger partial charge in [-0.15, -0.1) is 0 Å². The number of halogens is 1. The van der Waals surface area contributed by atoms with E-state index in [1.807, 2.05) is 0 Å². The van der Waals surface area contributed by atoms with E-state index in [0.717, 1.165) is 19.3 Å². The van der Waals surface area contributed by atoms with Crippen LogP contribution in [0.2, 0.25) is 0 Å². The third kappa shape index (κ3) is 3.69. The lowest BCUT2D eigenvalue weighted by molar-refractivity contribution is -0.131. The number of ketones is 2. The fraction of sp³-hybridized carbons (Fsp3) is 0.435. The summed E-state index contributed by atoms with van der Waals surface area (Å²) in [7, 11) is 0. The van der Waals surface area contributed by atoms with E-state index in [4.69, 9.17) is 0 Å². The number of amides is 1. The molecule has 0 bridgehead atoms. The van der Waals surface area contributed by atoms with E-state index in [2.05, 4.69) is 12.2 Å². The molecule has 0 saturated heterocycles. The van der Waals surface area contributed by atoms with E-state index < -0.39 is 17.8 Å². The van der Waals surface area contributed by atoms with E-state index in [0.29, 0.717) is 23.5 Å². The Kier molecular flexibility index (Phi) is 5.21. The Morgan fingerprint density at radius 3 is 2.62 bits per heavy atom. The van der Waals surface area contributed by atoms with Crippen molar-refractivity contribution >= 4 is 17.5 Å². The van der Waals surface area contributed by atoms with Crippen LogP contribution in [0, 0.1) is 23.6 Å². The van der Waals surface area contributed by atoms with Crippen LogP contribution in [0.1, 0.15) is 38.2 Å². The van der Waals surface area contributed by atoms with Crippen molar-refractivity contribution in [3.63, 3.8) is 0 Å². The van der Waals surface area contributed by atoms with Gasteiger partial charge in [-0.2, -0.15) is 0 Å². The van der Waals surface area contributed by atoms with Gasteiger partial charge in [0.15, 0.2) is 5.78 Å². The molecule has 4 atom stereocenters. The number of rotatable bonds is 3. The second kappa shape index (κ2) is 7.67. The molecule has 6 heteroatoms. The number of benzene rings is 1. The molecule has 1 aromatic rings. The van der Waals surface area contributed by atoms with Crippen LogP contribution in [0.15, 0.2) is 47.1 Å². The van der Waals surface area contributed by atoms with Gasteiger partial charge in [-0.1, -0.05) is 25.5 Å². The van der Waals surface area contributed by atoms with Gasteiger partial charge < -0.3 is 10.4 Å². The molecule has 4 rings (SSSR count). The molecule has 152 valence electrons. The van der Waals surface area contributed by atoms with Crippen molar-refractivity contribution in [1.82, 2.24) is 5.32 Å². The third-order valence-corrected chi connectivity index (χ3v) is 6.40. The van der Waals surface area contributed by atoms with Crippen LogP contribution in [0.3, 0.4) is 0 Å². The smallest absolute Gasteiger partial charge is 0.255 e. The molecule has 3 aliphatic rings. The molecular formula is C23H24FNO4. The van der Waals surface area contributed by atoms with Crippen molar-refractivity contribution in [3.05, 3.63) is 58.4 Å². The number of aliphatic hydroxyl groups is 1. The highest BCUT2D eigenvalue weighted by atomic mass is 19.1. The maximum atomic E-state index is 13.0. The zero-order valence-corrected chi connectivity index (χ0v) is 16.3. The van der Waals surface area contributed by atoms with Gasteiger partial charge in [0.25, 0.3) is 5.91 Å². The van der Waals surface area contributed by atoms with Crippen molar-refractivity contribution in [1.29, 1.82) is 0 Å². The Morgan fingerprint density at radius 1 is 1.17 bits per heavy atom. The minimum atomic E-state index is -1.58. The molecule has 0 aliphatic heterocycles. The molecule has 3 aliphatic carbocycles. The lowest BCUT2D eigenvalue weighted by Crippen LogP contribution is -2.44. The maximum Gasteiger partial charge on any atom is 0.255 e. The molecule has 1 saturated carbocycles. The summed E-state index contributed by atoms with van der Waals surface area (Å²) in [6, 6.07) is 5.68. The molecule has 1 aromatic carbocycles. The molecule has 0 radical (unpaired) electrons. The van der Waals surface area contributed by atoms with E-state index >= 15 is 0 Å². The van der Waals surface area contributed by atoms with Crippen LogP contribution in [0.25, 0.3) is 0 Å². The van der Waals surface area contributed by atoms with Crippen LogP contribution >= 0.6 is 0 Å². The van der Waals surface area contributed by atoms with Gasteiger partial charge in [-0.3, -0.25) is 14.4 Å². The van der Waals surface area contributed by atoms with Gasteiger partial charge in [0, 0.05) is 18.0 Å². The van der Waals surface area contributed by atoms with Crippen LogP contribution < -0.4 is 5.32 Å². The highest BCUT2D eigenvalue weighted by Crippen LogP contribution is 2.45. The number of hydrogen-bond donors (Lipinski definition) is 2. The Bertz CT molecular complexity index is 931. The fourth-order valence-electron chi connectivity index (χ4n) is 4.79. The van der Waals surface area contributed by atoms with Crippen molar-refractivity contribution in [2.45, 2.75) is 45.3 Å². The Balaban J connectivity index is 1.55. The minimum absolute atomic E-state index is 0.131. The van der Waals surface area contributed by atoms with Gasteiger partial charge in [-0.05, 0) is 60.4 Å². The van der Waals surface area contributed by atoms with Crippen molar-refractivity contribution in [3.8, 4) is 0 Å². The molecule has 29 heavy (non-hydrogen) atoms.